The molecule has 0 bridgehead atoms. The van der Waals surface area contributed by atoms with E-state index in [4.69, 9.17) is 0 Å². The van der Waals surface area contributed by atoms with Crippen LogP contribution in [-0.4, -0.2) is 15.0 Å². The highest BCUT2D eigenvalue weighted by Gasteiger charge is 2.03. The second kappa shape index (κ2) is 3.54. The van der Waals surface area contributed by atoms with E-state index in [2.05, 4.69) is 15.0 Å². The molecule has 0 unspecified atom stereocenters. The Hall–Kier alpha value is -0.760. The summed E-state index contributed by atoms with van der Waals surface area (Å²) in [6, 6.07) is 0. The lowest BCUT2D eigenvalue weighted by molar-refractivity contribution is 1.09. The van der Waals surface area contributed by atoms with E-state index < -0.39 is 0 Å². The largest absolute Gasteiger partial charge is 0.304 e. The van der Waals surface area contributed by atoms with Crippen LogP contribution in [0.25, 0.3) is 11.5 Å². The molecule has 6 heteroatoms. The van der Waals surface area contributed by atoms with Crippen LogP contribution < -0.4 is 5.56 Å². The highest BCUT2D eigenvalue weighted by molar-refractivity contribution is 14.1. The second-order valence-electron chi connectivity index (χ2n) is 2.28. The molecule has 0 saturated carbocycles. The van der Waals surface area contributed by atoms with Crippen molar-refractivity contribution in [2.75, 3.05) is 0 Å². The summed E-state index contributed by atoms with van der Waals surface area (Å²) in [6.45, 7) is 0. The Kier molecular flexibility index (Phi) is 2.40. The van der Waals surface area contributed by atoms with Gasteiger partial charge in [0.05, 0.1) is 9.08 Å². The number of nitrogens with one attached hydrogen (secondary N) is 1. The molecule has 0 spiro atoms. The van der Waals surface area contributed by atoms with Gasteiger partial charge in [0.25, 0.3) is 5.56 Å². The van der Waals surface area contributed by atoms with Crippen molar-refractivity contribution < 1.29 is 0 Å². The average Bonchev–Trinajstić information content (AvgIpc) is 2.62. The number of nitrogens with zero attached hydrogens (tertiary/aromatic N) is 2. The van der Waals surface area contributed by atoms with Crippen LogP contribution in [0, 0.1) is 3.57 Å². The van der Waals surface area contributed by atoms with Crippen LogP contribution in [0.15, 0.2) is 21.9 Å². The molecule has 0 atom stereocenters. The molecule has 13 heavy (non-hydrogen) atoms. The van der Waals surface area contributed by atoms with Gasteiger partial charge in [0.2, 0.25) is 0 Å². The number of hydrogen-bond acceptors (Lipinski definition) is 4. The van der Waals surface area contributed by atoms with Crippen molar-refractivity contribution in [3.8, 4) is 11.5 Å². The molecule has 1 N–H and O–H groups in total. The fourth-order valence-electron chi connectivity index (χ4n) is 0.839. The Morgan fingerprint density at radius 3 is 2.92 bits per heavy atom. The fraction of sp³-hybridized carbons (Fsp3) is 0. The Morgan fingerprint density at radius 2 is 2.31 bits per heavy atom. The maximum absolute atomic E-state index is 11.2. The fourth-order valence-corrected chi connectivity index (χ4v) is 1.65. The topological polar surface area (TPSA) is 58.6 Å². The van der Waals surface area contributed by atoms with Gasteiger partial charge in [0.1, 0.15) is 5.69 Å². The number of hydrogen-bond donors (Lipinski definition) is 1. The van der Waals surface area contributed by atoms with Gasteiger partial charge in [0.15, 0.2) is 5.82 Å². The first-order chi connectivity index (χ1) is 6.27. The zero-order valence-electron chi connectivity index (χ0n) is 6.32. The molecular weight excluding hydrogens is 301 g/mol. The molecule has 0 aliphatic heterocycles. The van der Waals surface area contributed by atoms with Crippen LogP contribution in [0.4, 0.5) is 0 Å². The maximum atomic E-state index is 11.2. The maximum Gasteiger partial charge on any atom is 0.264 e. The van der Waals surface area contributed by atoms with Gasteiger partial charge in [0, 0.05) is 11.6 Å². The van der Waals surface area contributed by atoms with E-state index in [0.717, 1.165) is 0 Å². The number of thiazole rings is 1. The van der Waals surface area contributed by atoms with E-state index in [1.807, 2.05) is 28.0 Å². The minimum Gasteiger partial charge on any atom is -0.304 e. The summed E-state index contributed by atoms with van der Waals surface area (Å²) >= 11 is 3.40. The first-order valence-electron chi connectivity index (χ1n) is 3.41. The predicted octanol–water partition coefficient (Wildman–Crippen LogP) is 1.50. The van der Waals surface area contributed by atoms with Gasteiger partial charge in [-0.25, -0.2) is 9.97 Å². The molecule has 0 radical (unpaired) electrons. The molecule has 0 saturated heterocycles. The molecule has 4 nitrogen and oxygen atoms in total. The van der Waals surface area contributed by atoms with Crippen molar-refractivity contribution in [1.29, 1.82) is 0 Å². The Balaban J connectivity index is 2.55. The van der Waals surface area contributed by atoms with Gasteiger partial charge in [-0.3, -0.25) is 4.79 Å². The van der Waals surface area contributed by atoms with Crippen molar-refractivity contribution in [2.24, 2.45) is 0 Å². The molecule has 0 aromatic carbocycles. The molecule has 2 aromatic rings. The minimum absolute atomic E-state index is 0.126. The third-order valence-electron chi connectivity index (χ3n) is 1.43. The van der Waals surface area contributed by atoms with Crippen LogP contribution in [0.5, 0.6) is 0 Å². The highest BCUT2D eigenvalue weighted by atomic mass is 127. The van der Waals surface area contributed by atoms with Gasteiger partial charge in [-0.1, -0.05) is 0 Å². The van der Waals surface area contributed by atoms with E-state index >= 15 is 0 Å². The molecule has 2 rings (SSSR count). The summed E-state index contributed by atoms with van der Waals surface area (Å²) in [4.78, 5) is 22.0. The molecule has 2 aromatic heterocycles. The summed E-state index contributed by atoms with van der Waals surface area (Å²) in [5.74, 6) is 0.520. The first kappa shape index (κ1) is 8.82. The van der Waals surface area contributed by atoms with Gasteiger partial charge < -0.3 is 4.98 Å². The number of H-pyrrole nitrogens is 1. The quantitative estimate of drug-likeness (QED) is 0.812. The molecule has 0 aliphatic rings. The number of aromatic amines is 1. The lowest BCUT2D eigenvalue weighted by atomic mass is 10.4. The first-order valence-corrected chi connectivity index (χ1v) is 5.43. The van der Waals surface area contributed by atoms with Crippen LogP contribution in [0.2, 0.25) is 0 Å². The van der Waals surface area contributed by atoms with Crippen molar-refractivity contribution in [2.45, 2.75) is 0 Å². The number of halogens is 1. The monoisotopic (exact) mass is 305 g/mol. The zero-order valence-corrected chi connectivity index (χ0v) is 9.29. The van der Waals surface area contributed by atoms with E-state index in [0.29, 0.717) is 15.1 Å². The Labute approximate surface area is 91.2 Å². The predicted molar refractivity (Wildman–Crippen MR) is 58.7 cm³/mol. The van der Waals surface area contributed by atoms with E-state index in [1.54, 1.807) is 5.51 Å². The van der Waals surface area contributed by atoms with Crippen LogP contribution >= 0.6 is 33.9 Å². The molecule has 0 amide bonds. The van der Waals surface area contributed by atoms with Crippen molar-refractivity contribution in [1.82, 2.24) is 15.0 Å². The molecule has 66 valence electrons. The van der Waals surface area contributed by atoms with E-state index in [-0.39, 0.29) is 5.56 Å². The van der Waals surface area contributed by atoms with Crippen LogP contribution in [0.3, 0.4) is 0 Å². The second-order valence-corrected chi connectivity index (χ2v) is 4.16. The van der Waals surface area contributed by atoms with Crippen LogP contribution in [-0.2, 0) is 0 Å². The summed E-state index contributed by atoms with van der Waals surface area (Å²) < 4.78 is 0.580. The summed E-state index contributed by atoms with van der Waals surface area (Å²) in [6.07, 6.45) is 1.54. The summed E-state index contributed by atoms with van der Waals surface area (Å²) in [7, 11) is 0. The normalized spacial score (nSPS) is 10.2. The summed E-state index contributed by atoms with van der Waals surface area (Å²) in [5.41, 5.74) is 2.28. The standard InChI is InChI=1S/C7H4IN3OS/c8-4-1-9-6(11-7(4)12)5-2-13-3-10-5/h1-3H,(H,9,11,12). The van der Waals surface area contributed by atoms with Gasteiger partial charge in [-0.05, 0) is 22.6 Å². The third kappa shape index (κ3) is 1.78. The molecule has 0 aliphatic carbocycles. The smallest absolute Gasteiger partial charge is 0.264 e. The van der Waals surface area contributed by atoms with Crippen molar-refractivity contribution in [3.63, 3.8) is 0 Å². The van der Waals surface area contributed by atoms with Crippen molar-refractivity contribution in [3.05, 3.63) is 31.0 Å². The number of rotatable bonds is 1. The van der Waals surface area contributed by atoms with Crippen LogP contribution in [0.1, 0.15) is 0 Å². The Morgan fingerprint density at radius 1 is 1.46 bits per heavy atom. The van der Waals surface area contributed by atoms with Crippen molar-refractivity contribution >= 4 is 33.9 Å². The molecule has 2 heterocycles. The summed E-state index contributed by atoms with van der Waals surface area (Å²) in [5, 5.41) is 1.84. The molecular formula is C7H4IN3OS. The average molecular weight is 305 g/mol. The van der Waals surface area contributed by atoms with Gasteiger partial charge >= 0.3 is 0 Å². The number of aromatic nitrogens is 3. The zero-order chi connectivity index (χ0) is 9.26. The lowest BCUT2D eigenvalue weighted by Crippen LogP contribution is -2.11. The highest BCUT2D eigenvalue weighted by Crippen LogP contribution is 2.12. The molecule has 0 fully saturated rings. The lowest BCUT2D eigenvalue weighted by Gasteiger charge is -1.94. The Bertz CT molecular complexity index is 465. The van der Waals surface area contributed by atoms with Gasteiger partial charge in [-0.2, -0.15) is 0 Å². The van der Waals surface area contributed by atoms with Gasteiger partial charge in [-0.15, -0.1) is 11.3 Å². The minimum atomic E-state index is -0.126. The third-order valence-corrected chi connectivity index (χ3v) is 2.79. The van der Waals surface area contributed by atoms with E-state index in [1.165, 1.54) is 17.5 Å². The SMILES string of the molecule is O=c1[nH]c(-c2cscn2)ncc1I. The van der Waals surface area contributed by atoms with E-state index in [9.17, 15) is 4.79 Å².